The van der Waals surface area contributed by atoms with Crippen molar-refractivity contribution in [2.75, 3.05) is 7.11 Å². The number of rotatable bonds is 2. The van der Waals surface area contributed by atoms with Crippen LogP contribution in [0, 0.1) is 0 Å². The van der Waals surface area contributed by atoms with Gasteiger partial charge >= 0.3 is 0 Å². The van der Waals surface area contributed by atoms with Gasteiger partial charge in [-0.3, -0.25) is 9.59 Å². The Labute approximate surface area is 92.1 Å². The van der Waals surface area contributed by atoms with E-state index in [4.69, 9.17) is 4.74 Å². The molecule has 0 aliphatic carbocycles. The van der Waals surface area contributed by atoms with Gasteiger partial charge < -0.3 is 9.30 Å². The molecular formula is C12H11NO3. The van der Waals surface area contributed by atoms with Gasteiger partial charge in [-0.2, -0.15) is 0 Å². The van der Waals surface area contributed by atoms with Gasteiger partial charge in [-0.25, -0.2) is 0 Å². The van der Waals surface area contributed by atoms with Crippen molar-refractivity contribution in [1.82, 2.24) is 4.57 Å². The Morgan fingerprint density at radius 2 is 2.06 bits per heavy atom. The average molecular weight is 217 g/mol. The average Bonchev–Trinajstić information content (AvgIpc) is 2.33. The van der Waals surface area contributed by atoms with E-state index in [0.29, 0.717) is 23.1 Å². The van der Waals surface area contributed by atoms with Crippen molar-refractivity contribution in [2.45, 2.75) is 0 Å². The number of hydrogen-bond donors (Lipinski definition) is 0. The predicted octanol–water partition coefficient (Wildman–Crippen LogP) is 1.36. The van der Waals surface area contributed by atoms with Gasteiger partial charge in [0.2, 0.25) is 0 Å². The minimum absolute atomic E-state index is 0.206. The molecule has 2 rings (SSSR count). The third-order valence-corrected chi connectivity index (χ3v) is 2.61. The molecule has 4 heteroatoms. The standard InChI is InChI=1S/C12H11NO3/c1-13-11-6-9(16-2)3-4-10(11)8(7-14)5-12(13)15/h3-7H,1-2H3. The number of aromatic nitrogens is 1. The predicted molar refractivity (Wildman–Crippen MR) is 61.1 cm³/mol. The maximum absolute atomic E-state index is 11.6. The number of carbonyl (C=O) groups is 1. The summed E-state index contributed by atoms with van der Waals surface area (Å²) in [6, 6.07) is 6.61. The number of aryl methyl sites for hydroxylation is 1. The number of carbonyl (C=O) groups excluding carboxylic acids is 1. The lowest BCUT2D eigenvalue weighted by Gasteiger charge is -2.08. The van der Waals surface area contributed by atoms with Gasteiger partial charge in [-0.1, -0.05) is 0 Å². The van der Waals surface area contributed by atoms with Crippen molar-refractivity contribution < 1.29 is 9.53 Å². The van der Waals surface area contributed by atoms with E-state index in [0.717, 1.165) is 5.39 Å². The van der Waals surface area contributed by atoms with E-state index in [1.165, 1.54) is 10.6 Å². The molecule has 0 saturated carbocycles. The SMILES string of the molecule is COc1ccc2c(C=O)cc(=O)n(C)c2c1. The highest BCUT2D eigenvalue weighted by atomic mass is 16.5. The van der Waals surface area contributed by atoms with Crippen LogP contribution in [0.5, 0.6) is 5.75 Å². The minimum atomic E-state index is -0.206. The second-order valence-electron chi connectivity index (χ2n) is 3.50. The van der Waals surface area contributed by atoms with Crippen molar-refractivity contribution >= 4 is 17.2 Å². The number of ether oxygens (including phenoxy) is 1. The molecule has 0 aliphatic heterocycles. The Kier molecular flexibility index (Phi) is 2.48. The normalized spacial score (nSPS) is 10.4. The zero-order chi connectivity index (χ0) is 11.7. The third-order valence-electron chi connectivity index (χ3n) is 2.61. The highest BCUT2D eigenvalue weighted by Crippen LogP contribution is 2.21. The Hall–Kier alpha value is -2.10. The summed E-state index contributed by atoms with van der Waals surface area (Å²) in [5.41, 5.74) is 0.887. The van der Waals surface area contributed by atoms with Gasteiger partial charge in [0.25, 0.3) is 5.56 Å². The number of benzene rings is 1. The molecule has 1 heterocycles. The summed E-state index contributed by atoms with van der Waals surface area (Å²) in [4.78, 5) is 22.4. The second kappa shape index (κ2) is 3.81. The summed E-state index contributed by atoms with van der Waals surface area (Å²) in [5.74, 6) is 0.658. The molecule has 0 amide bonds. The van der Waals surface area contributed by atoms with Crippen LogP contribution in [0.2, 0.25) is 0 Å². The summed E-state index contributed by atoms with van der Waals surface area (Å²) >= 11 is 0. The van der Waals surface area contributed by atoms with Crippen LogP contribution in [0.1, 0.15) is 10.4 Å². The number of aldehydes is 1. The van der Waals surface area contributed by atoms with Gasteiger partial charge in [0.1, 0.15) is 5.75 Å². The Morgan fingerprint density at radius 3 is 2.69 bits per heavy atom. The van der Waals surface area contributed by atoms with E-state index in [1.807, 2.05) is 0 Å². The molecule has 0 fully saturated rings. The summed E-state index contributed by atoms with van der Waals surface area (Å²) < 4.78 is 6.58. The van der Waals surface area contributed by atoms with Gasteiger partial charge in [0, 0.05) is 30.1 Å². The molecule has 0 aliphatic rings. The molecule has 0 radical (unpaired) electrons. The Bertz CT molecular complexity index is 613. The molecule has 16 heavy (non-hydrogen) atoms. The highest BCUT2D eigenvalue weighted by molar-refractivity contribution is 5.96. The van der Waals surface area contributed by atoms with Crippen LogP contribution in [-0.4, -0.2) is 18.0 Å². The van der Waals surface area contributed by atoms with E-state index in [-0.39, 0.29) is 5.56 Å². The van der Waals surface area contributed by atoms with Gasteiger partial charge in [0.15, 0.2) is 6.29 Å². The smallest absolute Gasteiger partial charge is 0.251 e. The van der Waals surface area contributed by atoms with Crippen LogP contribution in [0.25, 0.3) is 10.9 Å². The molecule has 1 aromatic heterocycles. The lowest BCUT2D eigenvalue weighted by molar-refractivity contribution is 0.112. The topological polar surface area (TPSA) is 48.3 Å². The molecule has 0 bridgehead atoms. The lowest BCUT2D eigenvalue weighted by Crippen LogP contribution is -2.17. The van der Waals surface area contributed by atoms with E-state index in [2.05, 4.69) is 0 Å². The molecule has 0 N–H and O–H groups in total. The number of pyridine rings is 1. The number of fused-ring (bicyclic) bond motifs is 1. The second-order valence-corrected chi connectivity index (χ2v) is 3.50. The van der Waals surface area contributed by atoms with Gasteiger partial charge in [-0.15, -0.1) is 0 Å². The first kappa shape index (κ1) is 10.4. The Balaban J connectivity index is 2.93. The zero-order valence-corrected chi connectivity index (χ0v) is 9.06. The van der Waals surface area contributed by atoms with Crippen LogP contribution < -0.4 is 10.3 Å². The van der Waals surface area contributed by atoms with Gasteiger partial charge in [-0.05, 0) is 12.1 Å². The third kappa shape index (κ3) is 1.48. The first-order valence-electron chi connectivity index (χ1n) is 4.80. The highest BCUT2D eigenvalue weighted by Gasteiger charge is 2.06. The molecule has 0 atom stereocenters. The monoisotopic (exact) mass is 217 g/mol. The fourth-order valence-corrected chi connectivity index (χ4v) is 1.68. The molecule has 0 spiro atoms. The first-order chi connectivity index (χ1) is 7.67. The zero-order valence-electron chi connectivity index (χ0n) is 9.06. The summed E-state index contributed by atoms with van der Waals surface area (Å²) in [6.45, 7) is 0. The summed E-state index contributed by atoms with van der Waals surface area (Å²) in [6.07, 6.45) is 0.691. The van der Waals surface area contributed by atoms with Crippen molar-refractivity contribution in [3.63, 3.8) is 0 Å². The van der Waals surface area contributed by atoms with Gasteiger partial charge in [0.05, 0.1) is 12.6 Å². The quantitative estimate of drug-likeness (QED) is 0.713. The maximum Gasteiger partial charge on any atom is 0.251 e. The van der Waals surface area contributed by atoms with Crippen molar-refractivity contribution in [1.29, 1.82) is 0 Å². The molecule has 0 unspecified atom stereocenters. The van der Waals surface area contributed by atoms with Crippen molar-refractivity contribution in [3.05, 3.63) is 40.2 Å². The number of hydrogen-bond acceptors (Lipinski definition) is 3. The number of methoxy groups -OCH3 is 1. The fourth-order valence-electron chi connectivity index (χ4n) is 1.68. The number of nitrogens with zero attached hydrogens (tertiary/aromatic N) is 1. The molecule has 0 saturated heterocycles. The van der Waals surface area contributed by atoms with Crippen LogP contribution in [0.3, 0.4) is 0 Å². The molecule has 1 aromatic carbocycles. The van der Waals surface area contributed by atoms with E-state index in [1.54, 1.807) is 32.4 Å². The molecule has 4 nitrogen and oxygen atoms in total. The van der Waals surface area contributed by atoms with E-state index < -0.39 is 0 Å². The van der Waals surface area contributed by atoms with E-state index >= 15 is 0 Å². The van der Waals surface area contributed by atoms with Crippen LogP contribution in [-0.2, 0) is 7.05 Å². The van der Waals surface area contributed by atoms with Crippen molar-refractivity contribution in [3.8, 4) is 5.75 Å². The van der Waals surface area contributed by atoms with Crippen LogP contribution in [0.15, 0.2) is 29.1 Å². The van der Waals surface area contributed by atoms with Crippen LogP contribution in [0.4, 0.5) is 0 Å². The first-order valence-corrected chi connectivity index (χ1v) is 4.80. The lowest BCUT2D eigenvalue weighted by atomic mass is 10.1. The Morgan fingerprint density at radius 1 is 1.31 bits per heavy atom. The largest absolute Gasteiger partial charge is 0.497 e. The summed E-state index contributed by atoms with van der Waals surface area (Å²) in [5, 5.41) is 0.748. The summed E-state index contributed by atoms with van der Waals surface area (Å²) in [7, 11) is 3.22. The maximum atomic E-state index is 11.6. The van der Waals surface area contributed by atoms with Crippen molar-refractivity contribution in [2.24, 2.45) is 7.05 Å². The fraction of sp³-hybridized carbons (Fsp3) is 0.167. The minimum Gasteiger partial charge on any atom is -0.497 e. The molecule has 2 aromatic rings. The van der Waals surface area contributed by atoms with Crippen LogP contribution >= 0.6 is 0 Å². The molecule has 82 valence electrons. The van der Waals surface area contributed by atoms with E-state index in [9.17, 15) is 9.59 Å². The molecular weight excluding hydrogens is 206 g/mol.